The quantitative estimate of drug-likeness (QED) is 0.385. The van der Waals surface area contributed by atoms with Crippen molar-refractivity contribution in [1.82, 2.24) is 30.4 Å². The second-order valence-electron chi connectivity index (χ2n) is 7.92. The molecule has 0 spiro atoms. The first kappa shape index (κ1) is 20.4. The highest BCUT2D eigenvalue weighted by atomic mass is 15.3. The Kier molecular flexibility index (Phi) is 7.06. The van der Waals surface area contributed by atoms with Crippen LogP contribution in [0.5, 0.6) is 0 Å². The molecule has 3 rings (SSSR count). The van der Waals surface area contributed by atoms with E-state index in [0.29, 0.717) is 19.1 Å². The molecule has 28 heavy (non-hydrogen) atoms. The number of fused-ring (bicyclic) bond motifs is 1. The second kappa shape index (κ2) is 9.71. The molecule has 0 unspecified atom stereocenters. The Bertz CT molecular complexity index is 774. The lowest BCUT2D eigenvalue weighted by Crippen LogP contribution is -2.45. The van der Waals surface area contributed by atoms with Crippen LogP contribution in [-0.2, 0) is 7.05 Å². The molecule has 1 aliphatic rings. The highest BCUT2D eigenvalue weighted by Crippen LogP contribution is 2.29. The third-order valence-electron chi connectivity index (χ3n) is 5.60. The van der Waals surface area contributed by atoms with Crippen LogP contribution >= 0.6 is 0 Å². The van der Waals surface area contributed by atoms with Crippen LogP contribution in [0.15, 0.2) is 17.5 Å². The Labute approximate surface area is 167 Å². The van der Waals surface area contributed by atoms with Crippen molar-refractivity contribution in [1.29, 1.82) is 0 Å². The van der Waals surface area contributed by atoms with Crippen LogP contribution in [0.1, 0.15) is 46.5 Å². The van der Waals surface area contributed by atoms with Crippen LogP contribution in [-0.4, -0.2) is 51.4 Å². The molecule has 0 atom stereocenters. The van der Waals surface area contributed by atoms with Crippen molar-refractivity contribution < 1.29 is 0 Å². The topological polar surface area (TPSA) is 92.1 Å². The van der Waals surface area contributed by atoms with Gasteiger partial charge in [0, 0.05) is 26.2 Å². The number of hydrogen-bond acceptors (Lipinski definition) is 5. The molecule has 8 nitrogen and oxygen atoms in total. The average molecular weight is 387 g/mol. The average Bonchev–Trinajstić information content (AvgIpc) is 3.07. The summed E-state index contributed by atoms with van der Waals surface area (Å²) in [6, 6.07) is 0.526. The Morgan fingerprint density at radius 1 is 1.25 bits per heavy atom. The summed E-state index contributed by atoms with van der Waals surface area (Å²) in [6.45, 7) is 9.02. The number of rotatable bonds is 7. The first-order valence-electron chi connectivity index (χ1n) is 10.5. The summed E-state index contributed by atoms with van der Waals surface area (Å²) in [5.41, 5.74) is 0.827. The third-order valence-corrected chi connectivity index (χ3v) is 5.60. The molecule has 0 radical (unpaired) electrons. The van der Waals surface area contributed by atoms with Gasteiger partial charge in [0.1, 0.15) is 12.1 Å². The van der Waals surface area contributed by atoms with E-state index in [0.717, 1.165) is 41.2 Å². The molecule has 0 saturated heterocycles. The minimum absolute atomic E-state index is 0.526. The molecule has 0 bridgehead atoms. The van der Waals surface area contributed by atoms with E-state index in [1.54, 1.807) is 17.2 Å². The molecule has 1 saturated carbocycles. The fraction of sp³-hybridized carbons (Fsp3) is 0.700. The monoisotopic (exact) mass is 386 g/mol. The molecular formula is C20H34N8. The van der Waals surface area contributed by atoms with Crippen LogP contribution in [0.2, 0.25) is 0 Å². The van der Waals surface area contributed by atoms with E-state index in [-0.39, 0.29) is 0 Å². The van der Waals surface area contributed by atoms with Gasteiger partial charge >= 0.3 is 0 Å². The van der Waals surface area contributed by atoms with Crippen molar-refractivity contribution in [3.8, 4) is 0 Å². The lowest BCUT2D eigenvalue weighted by Gasteiger charge is -2.32. The molecule has 2 aromatic heterocycles. The van der Waals surface area contributed by atoms with E-state index in [1.807, 2.05) is 7.05 Å². The third kappa shape index (κ3) is 5.11. The molecule has 0 aromatic carbocycles. The van der Waals surface area contributed by atoms with Gasteiger partial charge in [0.2, 0.25) is 0 Å². The van der Waals surface area contributed by atoms with Gasteiger partial charge in [0.15, 0.2) is 11.6 Å². The number of nitrogens with one attached hydrogen (secondary N) is 3. The van der Waals surface area contributed by atoms with Gasteiger partial charge in [-0.25, -0.2) is 9.97 Å². The van der Waals surface area contributed by atoms with Crippen LogP contribution < -0.4 is 16.0 Å². The predicted octanol–water partition coefficient (Wildman–Crippen LogP) is 2.55. The molecule has 2 heterocycles. The van der Waals surface area contributed by atoms with Crippen LogP contribution in [0.3, 0.4) is 0 Å². The molecular weight excluding hydrogens is 352 g/mol. The van der Waals surface area contributed by atoms with E-state index >= 15 is 0 Å². The van der Waals surface area contributed by atoms with Crippen molar-refractivity contribution in [2.75, 3.05) is 25.0 Å². The van der Waals surface area contributed by atoms with Crippen molar-refractivity contribution in [3.05, 3.63) is 12.5 Å². The molecule has 1 fully saturated rings. The van der Waals surface area contributed by atoms with Gasteiger partial charge in [-0.2, -0.15) is 5.10 Å². The zero-order chi connectivity index (χ0) is 19.9. The Morgan fingerprint density at radius 3 is 2.75 bits per heavy atom. The summed E-state index contributed by atoms with van der Waals surface area (Å²) in [7, 11) is 1.88. The molecule has 2 aromatic rings. The zero-order valence-electron chi connectivity index (χ0n) is 17.6. The van der Waals surface area contributed by atoms with Crippen LogP contribution in [0.4, 0.5) is 5.82 Å². The second-order valence-corrected chi connectivity index (χ2v) is 7.92. The number of anilines is 1. The maximum Gasteiger partial charge on any atom is 0.191 e. The van der Waals surface area contributed by atoms with Crippen LogP contribution in [0, 0.1) is 11.8 Å². The van der Waals surface area contributed by atoms with Gasteiger partial charge in [-0.15, -0.1) is 0 Å². The predicted molar refractivity (Wildman–Crippen MR) is 114 cm³/mol. The van der Waals surface area contributed by atoms with Gasteiger partial charge in [0.25, 0.3) is 0 Å². The number of nitrogens with zero attached hydrogens (tertiary/aromatic N) is 5. The Hall–Kier alpha value is -2.38. The standard InChI is InChI=1S/C20H34N8/c1-5-21-20(27-16-8-6-15(7-9-16)14(2)3)23-11-10-22-18-17-12-26-28(4)19(17)25-13-24-18/h12-16H,5-11H2,1-4H3,(H2,21,23,27)(H,22,24,25). The van der Waals surface area contributed by atoms with Crippen molar-refractivity contribution >= 4 is 22.8 Å². The lowest BCUT2D eigenvalue weighted by molar-refractivity contribution is 0.250. The van der Waals surface area contributed by atoms with Gasteiger partial charge in [0.05, 0.1) is 18.1 Å². The van der Waals surface area contributed by atoms with Gasteiger partial charge in [-0.1, -0.05) is 13.8 Å². The number of guanidine groups is 1. The molecule has 0 aliphatic heterocycles. The van der Waals surface area contributed by atoms with Crippen LogP contribution in [0.25, 0.3) is 11.0 Å². The van der Waals surface area contributed by atoms with Crippen molar-refractivity contribution in [3.63, 3.8) is 0 Å². The molecule has 0 amide bonds. The minimum Gasteiger partial charge on any atom is -0.367 e. The van der Waals surface area contributed by atoms with E-state index in [2.05, 4.69) is 51.8 Å². The lowest BCUT2D eigenvalue weighted by atomic mass is 9.80. The maximum atomic E-state index is 4.73. The van der Waals surface area contributed by atoms with Gasteiger partial charge in [-0.05, 0) is 44.4 Å². The summed E-state index contributed by atoms with van der Waals surface area (Å²) in [5, 5.41) is 15.5. The van der Waals surface area contributed by atoms with Gasteiger partial charge < -0.3 is 16.0 Å². The maximum absolute atomic E-state index is 4.73. The Morgan fingerprint density at radius 2 is 2.04 bits per heavy atom. The first-order chi connectivity index (χ1) is 13.6. The minimum atomic E-state index is 0.526. The summed E-state index contributed by atoms with van der Waals surface area (Å²) in [4.78, 5) is 13.3. The molecule has 8 heteroatoms. The first-order valence-corrected chi connectivity index (χ1v) is 10.5. The SMILES string of the molecule is CCNC(=NCCNc1ncnc2c1cnn2C)NC1CCC(C(C)C)CC1. The largest absolute Gasteiger partial charge is 0.367 e. The van der Waals surface area contributed by atoms with Gasteiger partial charge in [-0.3, -0.25) is 9.67 Å². The zero-order valence-corrected chi connectivity index (χ0v) is 17.6. The summed E-state index contributed by atoms with van der Waals surface area (Å²) < 4.78 is 1.75. The summed E-state index contributed by atoms with van der Waals surface area (Å²) in [6.07, 6.45) is 8.43. The molecule has 154 valence electrons. The van der Waals surface area contributed by atoms with E-state index < -0.39 is 0 Å². The molecule has 3 N–H and O–H groups in total. The Balaban J connectivity index is 1.50. The summed E-state index contributed by atoms with van der Waals surface area (Å²) in [5.74, 6) is 3.38. The number of hydrogen-bond donors (Lipinski definition) is 3. The van der Waals surface area contributed by atoms with Crippen molar-refractivity contribution in [2.45, 2.75) is 52.5 Å². The molecule has 1 aliphatic carbocycles. The fourth-order valence-corrected chi connectivity index (χ4v) is 3.89. The number of aromatic nitrogens is 4. The number of aryl methyl sites for hydroxylation is 1. The smallest absolute Gasteiger partial charge is 0.191 e. The highest BCUT2D eigenvalue weighted by molar-refractivity contribution is 5.86. The summed E-state index contributed by atoms with van der Waals surface area (Å²) >= 11 is 0. The highest BCUT2D eigenvalue weighted by Gasteiger charge is 2.23. The van der Waals surface area contributed by atoms with E-state index in [1.165, 1.54) is 25.7 Å². The van der Waals surface area contributed by atoms with E-state index in [9.17, 15) is 0 Å². The normalized spacial score (nSPS) is 20.5. The van der Waals surface area contributed by atoms with E-state index in [4.69, 9.17) is 4.99 Å². The van der Waals surface area contributed by atoms with Crippen molar-refractivity contribution in [2.24, 2.45) is 23.9 Å². The fourth-order valence-electron chi connectivity index (χ4n) is 3.89. The number of aliphatic imine (C=N–C) groups is 1.